The molecule has 10 heteroatoms. The van der Waals surface area contributed by atoms with Crippen LogP contribution in [0.5, 0.6) is 11.5 Å². The van der Waals surface area contributed by atoms with Crippen molar-refractivity contribution < 1.29 is 35.4 Å². The first-order valence-corrected chi connectivity index (χ1v) is 12.3. The van der Waals surface area contributed by atoms with E-state index in [1.165, 1.54) is 24.3 Å². The summed E-state index contributed by atoms with van der Waals surface area (Å²) in [5, 5.41) is 0. The van der Waals surface area contributed by atoms with Crippen LogP contribution in [0.4, 0.5) is 0 Å². The minimum absolute atomic E-state index is 0.114. The Kier molecular flexibility index (Phi) is 8.25. The molecule has 0 unspecified atom stereocenters. The maximum atomic E-state index is 11.4. The average Bonchev–Trinajstić information content (AvgIpc) is 2.64. The van der Waals surface area contributed by atoms with Crippen molar-refractivity contribution in [2.45, 2.75) is 49.3 Å². The Labute approximate surface area is 177 Å². The molecule has 0 fully saturated rings. The van der Waals surface area contributed by atoms with E-state index >= 15 is 0 Å². The molecule has 2 N–H and O–H groups in total. The van der Waals surface area contributed by atoms with E-state index < -0.39 is 20.2 Å². The summed E-state index contributed by atoms with van der Waals surface area (Å²) in [6, 6.07) is 9.14. The highest BCUT2D eigenvalue weighted by atomic mass is 32.2. The van der Waals surface area contributed by atoms with Crippen LogP contribution in [-0.2, 0) is 20.2 Å². The average molecular weight is 459 g/mol. The number of rotatable bonds is 11. The maximum absolute atomic E-state index is 11.4. The fourth-order valence-corrected chi connectivity index (χ4v) is 4.23. The summed E-state index contributed by atoms with van der Waals surface area (Å²) in [6.45, 7) is 4.01. The second kappa shape index (κ2) is 10.3. The molecular formula is C20H26O8S2. The lowest BCUT2D eigenvalue weighted by Crippen LogP contribution is -2.06. The molecule has 0 aliphatic carbocycles. The van der Waals surface area contributed by atoms with Gasteiger partial charge < -0.3 is 9.47 Å². The van der Waals surface area contributed by atoms with E-state index in [4.69, 9.17) is 9.47 Å². The van der Waals surface area contributed by atoms with Crippen molar-refractivity contribution in [2.75, 3.05) is 13.2 Å². The van der Waals surface area contributed by atoms with Crippen molar-refractivity contribution >= 4 is 20.2 Å². The lowest BCUT2D eigenvalue weighted by Gasteiger charge is -2.11. The zero-order valence-electron chi connectivity index (χ0n) is 16.9. The zero-order valence-corrected chi connectivity index (χ0v) is 18.5. The Morgan fingerprint density at radius 3 is 1.37 bits per heavy atom. The topological polar surface area (TPSA) is 127 Å². The summed E-state index contributed by atoms with van der Waals surface area (Å²) < 4.78 is 75.4. The summed E-state index contributed by atoms with van der Waals surface area (Å²) in [5.74, 6) is 0.229. The number of unbranched alkanes of at least 4 members (excludes halogenated alkanes) is 3. The van der Waals surface area contributed by atoms with Gasteiger partial charge in [-0.25, -0.2) is 0 Å². The first-order valence-electron chi connectivity index (χ1n) is 9.40. The number of hydrogen-bond acceptors (Lipinski definition) is 6. The van der Waals surface area contributed by atoms with Gasteiger partial charge >= 0.3 is 0 Å². The Balaban J connectivity index is 1.75. The van der Waals surface area contributed by atoms with Gasteiger partial charge in [0.25, 0.3) is 20.2 Å². The van der Waals surface area contributed by atoms with Crippen LogP contribution in [0.1, 0.15) is 36.8 Å². The molecule has 0 bridgehead atoms. The largest absolute Gasteiger partial charge is 0.492 e. The van der Waals surface area contributed by atoms with Crippen molar-refractivity contribution in [3.05, 3.63) is 47.5 Å². The summed E-state index contributed by atoms with van der Waals surface area (Å²) in [4.78, 5) is -0.493. The Bertz CT molecular complexity index is 988. The van der Waals surface area contributed by atoms with Gasteiger partial charge in [0, 0.05) is 0 Å². The molecule has 2 rings (SSSR count). The van der Waals surface area contributed by atoms with E-state index in [-0.39, 0.29) is 34.5 Å². The van der Waals surface area contributed by atoms with E-state index in [0.717, 1.165) is 12.8 Å². The minimum atomic E-state index is -4.36. The minimum Gasteiger partial charge on any atom is -0.492 e. The standard InChI is InChI=1S/C20H26O8S2/c1-15-7-9-17(19(13-15)29(21,22)23)27-11-5-3-4-6-12-28-18-10-8-16(2)14-20(18)30(24,25)26/h7-10,13-14H,3-6,11-12H2,1-2H3,(H,21,22,23)(H,24,25,26). The molecule has 0 radical (unpaired) electrons. The lowest BCUT2D eigenvalue weighted by atomic mass is 10.2. The third-order valence-corrected chi connectivity index (χ3v) is 6.06. The van der Waals surface area contributed by atoms with Gasteiger partial charge in [-0.15, -0.1) is 0 Å². The molecule has 30 heavy (non-hydrogen) atoms. The molecular weight excluding hydrogens is 432 g/mol. The number of ether oxygens (including phenoxy) is 2. The van der Waals surface area contributed by atoms with Gasteiger partial charge in [0.05, 0.1) is 13.2 Å². The first-order chi connectivity index (χ1) is 14.0. The Morgan fingerprint density at radius 1 is 0.667 bits per heavy atom. The highest BCUT2D eigenvalue weighted by molar-refractivity contribution is 7.86. The van der Waals surface area contributed by atoms with Crippen LogP contribution in [0.15, 0.2) is 46.2 Å². The molecule has 0 atom stereocenters. The Hall–Kier alpha value is -2.14. The van der Waals surface area contributed by atoms with Crippen molar-refractivity contribution in [3.63, 3.8) is 0 Å². The van der Waals surface area contributed by atoms with Crippen molar-refractivity contribution in [1.82, 2.24) is 0 Å². The fourth-order valence-electron chi connectivity index (χ4n) is 2.79. The highest BCUT2D eigenvalue weighted by Gasteiger charge is 2.17. The smallest absolute Gasteiger partial charge is 0.298 e. The molecule has 0 saturated heterocycles. The van der Waals surface area contributed by atoms with Gasteiger partial charge in [-0.05, 0) is 74.9 Å². The molecule has 0 aliphatic rings. The van der Waals surface area contributed by atoms with Gasteiger partial charge in [-0.3, -0.25) is 9.11 Å². The molecule has 8 nitrogen and oxygen atoms in total. The molecule has 2 aromatic rings. The van der Waals surface area contributed by atoms with E-state index in [1.807, 2.05) is 0 Å². The van der Waals surface area contributed by atoms with E-state index in [9.17, 15) is 25.9 Å². The predicted molar refractivity (Wildman–Crippen MR) is 111 cm³/mol. The molecule has 0 aromatic heterocycles. The molecule has 166 valence electrons. The monoisotopic (exact) mass is 458 g/mol. The summed E-state index contributed by atoms with van der Waals surface area (Å²) in [7, 11) is -8.71. The molecule has 0 spiro atoms. The van der Waals surface area contributed by atoms with Gasteiger partial charge in [-0.2, -0.15) is 16.8 Å². The van der Waals surface area contributed by atoms with Crippen LogP contribution >= 0.6 is 0 Å². The van der Waals surface area contributed by atoms with Gasteiger partial charge in [0.1, 0.15) is 21.3 Å². The van der Waals surface area contributed by atoms with Crippen LogP contribution in [0, 0.1) is 13.8 Å². The van der Waals surface area contributed by atoms with E-state index in [0.29, 0.717) is 24.0 Å². The van der Waals surface area contributed by atoms with E-state index in [1.54, 1.807) is 26.0 Å². The zero-order chi connectivity index (χ0) is 22.4. The third kappa shape index (κ3) is 7.28. The molecule has 0 heterocycles. The van der Waals surface area contributed by atoms with E-state index in [2.05, 4.69) is 0 Å². The molecule has 0 aliphatic heterocycles. The first kappa shape index (κ1) is 24.1. The van der Waals surface area contributed by atoms with Crippen LogP contribution in [0.3, 0.4) is 0 Å². The van der Waals surface area contributed by atoms with Crippen molar-refractivity contribution in [2.24, 2.45) is 0 Å². The number of benzene rings is 2. The normalized spacial score (nSPS) is 12.0. The SMILES string of the molecule is Cc1ccc(OCCCCCCOc2ccc(C)cc2S(=O)(=O)O)c(S(=O)(=O)O)c1. The quantitative estimate of drug-likeness (QED) is 0.384. The highest BCUT2D eigenvalue weighted by Crippen LogP contribution is 2.26. The number of aryl methyl sites for hydroxylation is 2. The van der Waals surface area contributed by atoms with Crippen LogP contribution in [-0.4, -0.2) is 39.2 Å². The lowest BCUT2D eigenvalue weighted by molar-refractivity contribution is 0.279. The fraction of sp³-hybridized carbons (Fsp3) is 0.400. The second-order valence-electron chi connectivity index (χ2n) is 6.96. The Morgan fingerprint density at radius 2 is 1.03 bits per heavy atom. The summed E-state index contributed by atoms with van der Waals surface area (Å²) >= 11 is 0. The maximum Gasteiger partial charge on any atom is 0.298 e. The molecule has 0 saturated carbocycles. The molecule has 0 amide bonds. The van der Waals surface area contributed by atoms with Crippen LogP contribution in [0.25, 0.3) is 0 Å². The van der Waals surface area contributed by atoms with Crippen molar-refractivity contribution in [1.29, 1.82) is 0 Å². The molecule has 2 aromatic carbocycles. The summed E-state index contributed by atoms with van der Waals surface area (Å²) in [6.07, 6.45) is 2.91. The third-order valence-electron chi connectivity index (χ3n) is 4.31. The second-order valence-corrected chi connectivity index (χ2v) is 9.74. The summed E-state index contributed by atoms with van der Waals surface area (Å²) in [5.41, 5.74) is 1.39. The van der Waals surface area contributed by atoms with Gasteiger partial charge in [-0.1, -0.05) is 12.1 Å². The predicted octanol–water partition coefficient (Wildman–Crippen LogP) is 3.82. The van der Waals surface area contributed by atoms with Crippen molar-refractivity contribution in [3.8, 4) is 11.5 Å². The van der Waals surface area contributed by atoms with Gasteiger partial charge in [0.15, 0.2) is 0 Å². The van der Waals surface area contributed by atoms with Gasteiger partial charge in [0.2, 0.25) is 0 Å². The number of hydrogen-bond donors (Lipinski definition) is 2. The van der Waals surface area contributed by atoms with Crippen LogP contribution in [0.2, 0.25) is 0 Å². The van der Waals surface area contributed by atoms with Crippen LogP contribution < -0.4 is 9.47 Å².